The number of rotatable bonds is 3. The molecule has 0 aromatic rings. The minimum atomic E-state index is -3.05. The summed E-state index contributed by atoms with van der Waals surface area (Å²) < 4.78 is 21.6. The lowest BCUT2D eigenvalue weighted by Gasteiger charge is -2.15. The molecule has 0 aromatic heterocycles. The summed E-state index contributed by atoms with van der Waals surface area (Å²) in [6.07, 6.45) is 1.13. The largest absolute Gasteiger partial charge is 0.349 e. The van der Waals surface area contributed by atoms with Crippen molar-refractivity contribution in [2.45, 2.75) is 6.92 Å². The second-order valence-corrected chi connectivity index (χ2v) is 5.41. The van der Waals surface area contributed by atoms with Crippen LogP contribution in [-0.2, 0) is 14.6 Å². The number of nitrogens with zero attached hydrogens (tertiary/aromatic N) is 1. The summed E-state index contributed by atoms with van der Waals surface area (Å²) >= 11 is 0. The maximum Gasteiger partial charge on any atom is 0.225 e. The van der Waals surface area contributed by atoms with Gasteiger partial charge in [0.2, 0.25) is 5.91 Å². The van der Waals surface area contributed by atoms with Crippen LogP contribution in [0, 0.1) is 5.92 Å². The van der Waals surface area contributed by atoms with Crippen LogP contribution >= 0.6 is 0 Å². The van der Waals surface area contributed by atoms with Crippen LogP contribution in [0.3, 0.4) is 0 Å². The molecule has 1 amide bonds. The Morgan fingerprint density at radius 3 is 2.08 bits per heavy atom. The average molecular weight is 193 g/mol. The van der Waals surface area contributed by atoms with Crippen molar-refractivity contribution in [3.63, 3.8) is 0 Å². The Kier molecular flexibility index (Phi) is 3.70. The molecule has 0 aliphatic carbocycles. The molecule has 1 unspecified atom stereocenters. The highest BCUT2D eigenvalue weighted by Gasteiger charge is 2.19. The summed E-state index contributed by atoms with van der Waals surface area (Å²) in [6, 6.07) is 0. The van der Waals surface area contributed by atoms with E-state index in [0.29, 0.717) is 0 Å². The number of amides is 1. The van der Waals surface area contributed by atoms with Crippen LogP contribution in [0.15, 0.2) is 0 Å². The number of hydrogen-bond acceptors (Lipinski definition) is 3. The van der Waals surface area contributed by atoms with Crippen LogP contribution in [0.1, 0.15) is 6.92 Å². The zero-order valence-electron chi connectivity index (χ0n) is 7.86. The van der Waals surface area contributed by atoms with Crippen LogP contribution in [0.5, 0.6) is 0 Å². The van der Waals surface area contributed by atoms with E-state index in [9.17, 15) is 13.2 Å². The fourth-order valence-electron chi connectivity index (χ4n) is 0.966. The minimum absolute atomic E-state index is 0.0794. The van der Waals surface area contributed by atoms with E-state index in [2.05, 4.69) is 0 Å². The smallest absolute Gasteiger partial charge is 0.225 e. The monoisotopic (exact) mass is 193 g/mol. The van der Waals surface area contributed by atoms with E-state index < -0.39 is 15.8 Å². The van der Waals surface area contributed by atoms with Gasteiger partial charge in [-0.3, -0.25) is 4.79 Å². The average Bonchev–Trinajstić information content (AvgIpc) is 1.82. The van der Waals surface area contributed by atoms with Gasteiger partial charge in [0.05, 0.1) is 5.75 Å². The van der Waals surface area contributed by atoms with E-state index >= 15 is 0 Å². The number of carbonyl (C=O) groups is 1. The molecule has 0 rings (SSSR count). The Bertz CT molecular complexity index is 256. The SMILES string of the molecule is CC(CS(C)(=O)=O)C(=O)N(C)C. The maximum atomic E-state index is 11.2. The van der Waals surface area contributed by atoms with Gasteiger partial charge in [-0.2, -0.15) is 0 Å². The van der Waals surface area contributed by atoms with E-state index in [4.69, 9.17) is 0 Å². The van der Waals surface area contributed by atoms with Gasteiger partial charge in [-0.1, -0.05) is 6.92 Å². The number of sulfone groups is 1. The van der Waals surface area contributed by atoms with Gasteiger partial charge < -0.3 is 4.90 Å². The minimum Gasteiger partial charge on any atom is -0.349 e. The third-order valence-corrected chi connectivity index (χ3v) is 2.52. The molecule has 12 heavy (non-hydrogen) atoms. The van der Waals surface area contributed by atoms with Crippen molar-refractivity contribution in [3.05, 3.63) is 0 Å². The Hall–Kier alpha value is -0.580. The fourth-order valence-corrected chi connectivity index (χ4v) is 2.02. The Morgan fingerprint density at radius 2 is 1.83 bits per heavy atom. The quantitative estimate of drug-likeness (QED) is 0.621. The molecule has 0 saturated heterocycles. The summed E-state index contributed by atoms with van der Waals surface area (Å²) in [6.45, 7) is 1.61. The van der Waals surface area contributed by atoms with Gasteiger partial charge >= 0.3 is 0 Å². The second-order valence-electron chi connectivity index (χ2n) is 3.23. The van der Waals surface area contributed by atoms with E-state index in [1.807, 2.05) is 0 Å². The zero-order chi connectivity index (χ0) is 9.94. The van der Waals surface area contributed by atoms with Gasteiger partial charge in [0.25, 0.3) is 0 Å². The van der Waals surface area contributed by atoms with Gasteiger partial charge in [-0.15, -0.1) is 0 Å². The first kappa shape index (κ1) is 11.4. The third kappa shape index (κ3) is 4.33. The predicted octanol–water partition coefficient (Wildman–Crippen LogP) is -0.245. The summed E-state index contributed by atoms with van der Waals surface area (Å²) in [5.41, 5.74) is 0. The van der Waals surface area contributed by atoms with E-state index in [1.54, 1.807) is 21.0 Å². The van der Waals surface area contributed by atoms with Gasteiger partial charge in [-0.05, 0) is 0 Å². The predicted molar refractivity (Wildman–Crippen MR) is 47.6 cm³/mol. The molecule has 0 aromatic carbocycles. The lowest BCUT2D eigenvalue weighted by atomic mass is 10.2. The van der Waals surface area contributed by atoms with Crippen molar-refractivity contribution in [2.75, 3.05) is 26.1 Å². The van der Waals surface area contributed by atoms with E-state index in [-0.39, 0.29) is 11.7 Å². The molecule has 0 spiro atoms. The van der Waals surface area contributed by atoms with Crippen molar-refractivity contribution in [1.82, 2.24) is 4.90 Å². The Morgan fingerprint density at radius 1 is 1.42 bits per heavy atom. The molecule has 4 nitrogen and oxygen atoms in total. The topological polar surface area (TPSA) is 54.5 Å². The van der Waals surface area contributed by atoms with E-state index in [0.717, 1.165) is 6.26 Å². The highest BCUT2D eigenvalue weighted by molar-refractivity contribution is 7.90. The molecule has 72 valence electrons. The fraction of sp³-hybridized carbons (Fsp3) is 0.857. The second kappa shape index (κ2) is 3.89. The lowest BCUT2D eigenvalue weighted by Crippen LogP contribution is -2.31. The number of hydrogen-bond donors (Lipinski definition) is 0. The molecule has 0 aliphatic rings. The first-order valence-electron chi connectivity index (χ1n) is 3.63. The van der Waals surface area contributed by atoms with Crippen LogP contribution in [0.25, 0.3) is 0 Å². The maximum absolute atomic E-state index is 11.2. The first-order valence-corrected chi connectivity index (χ1v) is 5.69. The van der Waals surface area contributed by atoms with Crippen molar-refractivity contribution in [3.8, 4) is 0 Å². The molecule has 5 heteroatoms. The molecule has 0 heterocycles. The summed E-state index contributed by atoms with van der Waals surface area (Å²) in [7, 11) is 0.175. The summed E-state index contributed by atoms with van der Waals surface area (Å²) in [5.74, 6) is -0.681. The molecule has 0 radical (unpaired) electrons. The molecule has 1 atom stereocenters. The van der Waals surface area contributed by atoms with Crippen LogP contribution in [-0.4, -0.2) is 45.3 Å². The van der Waals surface area contributed by atoms with Crippen molar-refractivity contribution in [2.24, 2.45) is 5.92 Å². The molecule has 0 N–H and O–H groups in total. The molecular weight excluding hydrogens is 178 g/mol. The van der Waals surface area contributed by atoms with Gasteiger partial charge in [0, 0.05) is 26.3 Å². The standard InChI is InChI=1S/C7H15NO3S/c1-6(5-12(4,10)11)7(9)8(2)3/h6H,5H2,1-4H3. The molecular formula is C7H15NO3S. The normalized spacial score (nSPS) is 14.0. The Balaban J connectivity index is 4.24. The summed E-state index contributed by atoms with van der Waals surface area (Å²) in [4.78, 5) is 12.6. The van der Waals surface area contributed by atoms with E-state index in [1.165, 1.54) is 4.90 Å². The van der Waals surface area contributed by atoms with Gasteiger partial charge in [0.15, 0.2) is 0 Å². The number of carbonyl (C=O) groups excluding carboxylic acids is 1. The van der Waals surface area contributed by atoms with Crippen molar-refractivity contribution >= 4 is 15.7 Å². The van der Waals surface area contributed by atoms with Crippen LogP contribution < -0.4 is 0 Å². The zero-order valence-corrected chi connectivity index (χ0v) is 8.68. The van der Waals surface area contributed by atoms with Crippen molar-refractivity contribution < 1.29 is 13.2 Å². The van der Waals surface area contributed by atoms with Crippen molar-refractivity contribution in [1.29, 1.82) is 0 Å². The Labute approximate surface area is 73.5 Å². The highest BCUT2D eigenvalue weighted by Crippen LogP contribution is 2.02. The highest BCUT2D eigenvalue weighted by atomic mass is 32.2. The lowest BCUT2D eigenvalue weighted by molar-refractivity contribution is -0.131. The molecule has 0 fully saturated rings. The van der Waals surface area contributed by atoms with Gasteiger partial charge in [0.1, 0.15) is 9.84 Å². The molecule has 0 bridgehead atoms. The van der Waals surface area contributed by atoms with Crippen LogP contribution in [0.2, 0.25) is 0 Å². The first-order chi connectivity index (χ1) is 5.24. The summed E-state index contributed by atoms with van der Waals surface area (Å²) in [5, 5.41) is 0. The third-order valence-electron chi connectivity index (χ3n) is 1.42. The molecule has 0 saturated carbocycles. The molecule has 0 aliphatic heterocycles. The van der Waals surface area contributed by atoms with Gasteiger partial charge in [-0.25, -0.2) is 8.42 Å². The van der Waals surface area contributed by atoms with Crippen LogP contribution in [0.4, 0.5) is 0 Å².